The zero-order chi connectivity index (χ0) is 23.1. The Balaban J connectivity index is 1.97. The summed E-state index contributed by atoms with van der Waals surface area (Å²) in [5, 5.41) is 9.48. The molecule has 0 saturated heterocycles. The molecule has 0 aromatic carbocycles. The number of hydrogen-bond donors (Lipinski definition) is 2. The molecule has 2 heterocycles. The number of halogens is 6. The van der Waals surface area contributed by atoms with Crippen molar-refractivity contribution in [3.05, 3.63) is 34.5 Å². The minimum atomic E-state index is -4.54. The Kier molecular flexibility index (Phi) is 6.01. The van der Waals surface area contributed by atoms with Crippen LogP contribution in [0.5, 0.6) is 0 Å². The van der Waals surface area contributed by atoms with E-state index in [4.69, 9.17) is 5.14 Å². The second-order valence-corrected chi connectivity index (χ2v) is 8.47. The van der Waals surface area contributed by atoms with Gasteiger partial charge in [-0.05, 0) is 37.3 Å². The number of alkyl halides is 5. The van der Waals surface area contributed by atoms with Gasteiger partial charge in [0.05, 0.1) is 24.0 Å². The number of nitrogens with two attached hydrogens (primary N) is 1. The first-order chi connectivity index (χ1) is 14.3. The van der Waals surface area contributed by atoms with E-state index in [1.165, 1.54) is 6.92 Å². The van der Waals surface area contributed by atoms with Gasteiger partial charge in [-0.3, -0.25) is 4.98 Å². The third kappa shape index (κ3) is 4.98. The molecule has 0 saturated carbocycles. The number of nitrogens with zero attached hydrogens (tertiary/aromatic N) is 4. The standard InChI is InChI=1S/C16H16F6N6O2S/c1-7-11(5-16(20,21)22)24-10-4-2-3-8(10)12(7)25-15(29)27-31(23,30)13-9(17)6-28(26-13)14(18)19/h6,14H,2-5H2,1H3,(H3,23,24,25,27,29,30). The lowest BCUT2D eigenvalue weighted by molar-refractivity contribution is -0.127. The summed E-state index contributed by atoms with van der Waals surface area (Å²) in [4.78, 5) is 16.4. The van der Waals surface area contributed by atoms with E-state index in [9.17, 15) is 35.3 Å². The molecule has 170 valence electrons. The molecule has 1 aliphatic rings. The first-order valence-corrected chi connectivity index (χ1v) is 10.3. The Bertz CT molecular complexity index is 1150. The quantitative estimate of drug-likeness (QED) is 0.664. The van der Waals surface area contributed by atoms with E-state index in [1.807, 2.05) is 0 Å². The number of aromatic nitrogens is 3. The summed E-state index contributed by atoms with van der Waals surface area (Å²) in [6.07, 6.45) is -4.19. The van der Waals surface area contributed by atoms with Gasteiger partial charge < -0.3 is 5.32 Å². The average Bonchev–Trinajstić information content (AvgIpc) is 3.23. The van der Waals surface area contributed by atoms with Crippen molar-refractivity contribution in [1.29, 1.82) is 0 Å². The molecule has 0 radical (unpaired) electrons. The monoisotopic (exact) mass is 470 g/mol. The van der Waals surface area contributed by atoms with Crippen LogP contribution in [0.3, 0.4) is 0 Å². The first kappa shape index (κ1) is 23.0. The topological polar surface area (TPSA) is 115 Å². The summed E-state index contributed by atoms with van der Waals surface area (Å²) in [6, 6.07) is -1.36. The Morgan fingerprint density at radius 2 is 2.06 bits per heavy atom. The normalized spacial score (nSPS) is 15.6. The van der Waals surface area contributed by atoms with Crippen molar-refractivity contribution >= 4 is 21.6 Å². The highest BCUT2D eigenvalue weighted by molar-refractivity contribution is 7.91. The van der Waals surface area contributed by atoms with Crippen LogP contribution in [0.15, 0.2) is 15.6 Å². The molecule has 2 aromatic heterocycles. The van der Waals surface area contributed by atoms with Gasteiger partial charge in [-0.1, -0.05) is 0 Å². The van der Waals surface area contributed by atoms with Gasteiger partial charge in [0.25, 0.3) is 0 Å². The van der Waals surface area contributed by atoms with E-state index in [2.05, 4.69) is 19.8 Å². The van der Waals surface area contributed by atoms with Gasteiger partial charge in [0.2, 0.25) is 5.03 Å². The van der Waals surface area contributed by atoms with Crippen molar-refractivity contribution in [2.45, 2.75) is 50.4 Å². The van der Waals surface area contributed by atoms with Gasteiger partial charge in [0.15, 0.2) is 15.7 Å². The van der Waals surface area contributed by atoms with Crippen molar-refractivity contribution in [1.82, 2.24) is 14.8 Å². The molecule has 2 aromatic rings. The summed E-state index contributed by atoms with van der Waals surface area (Å²) in [7, 11) is -4.36. The Morgan fingerprint density at radius 3 is 2.65 bits per heavy atom. The number of carbonyl (C=O) groups is 1. The maximum Gasteiger partial charge on any atom is 0.394 e. The molecular formula is C16H16F6N6O2S. The van der Waals surface area contributed by atoms with Gasteiger partial charge in [-0.15, -0.1) is 4.36 Å². The lowest BCUT2D eigenvalue weighted by Crippen LogP contribution is -2.21. The Hall–Kier alpha value is -2.68. The summed E-state index contributed by atoms with van der Waals surface area (Å²) >= 11 is 0. The molecule has 2 amide bonds. The largest absolute Gasteiger partial charge is 0.394 e. The minimum absolute atomic E-state index is 0.0179. The van der Waals surface area contributed by atoms with E-state index in [0.717, 1.165) is 0 Å². The molecule has 8 nitrogen and oxygen atoms in total. The van der Waals surface area contributed by atoms with Crippen LogP contribution >= 0.6 is 0 Å². The molecule has 1 aliphatic carbocycles. The summed E-state index contributed by atoms with van der Waals surface area (Å²) < 4.78 is 93.1. The van der Waals surface area contributed by atoms with Crippen LogP contribution in [0.25, 0.3) is 0 Å². The smallest absolute Gasteiger partial charge is 0.305 e. The third-order valence-electron chi connectivity index (χ3n) is 4.52. The summed E-state index contributed by atoms with van der Waals surface area (Å²) in [5.41, 5.74) is 0.653. The number of amides is 2. The summed E-state index contributed by atoms with van der Waals surface area (Å²) in [5.74, 6) is -1.46. The molecule has 3 rings (SSSR count). The molecule has 0 aliphatic heterocycles. The molecule has 0 fully saturated rings. The van der Waals surface area contributed by atoms with Crippen LogP contribution < -0.4 is 10.5 Å². The third-order valence-corrected chi connectivity index (χ3v) is 5.79. The number of urea groups is 1. The SMILES string of the molecule is Cc1c(CC(F)(F)F)nc2c(c1NC(=O)N=S(N)(=O)c1nn(C(F)F)cc1F)CCC2. The van der Waals surface area contributed by atoms with Gasteiger partial charge >= 0.3 is 18.8 Å². The predicted molar refractivity (Wildman–Crippen MR) is 96.2 cm³/mol. The van der Waals surface area contributed by atoms with Crippen LogP contribution in [-0.4, -0.2) is 31.2 Å². The van der Waals surface area contributed by atoms with Crippen molar-refractivity contribution in [2.75, 3.05) is 5.32 Å². The van der Waals surface area contributed by atoms with Crippen LogP contribution in [0, 0.1) is 12.7 Å². The van der Waals surface area contributed by atoms with Crippen LogP contribution in [-0.2, 0) is 29.2 Å². The molecular weight excluding hydrogens is 454 g/mol. The number of rotatable bonds is 4. The molecule has 1 unspecified atom stereocenters. The number of anilines is 1. The first-order valence-electron chi connectivity index (χ1n) is 8.75. The van der Waals surface area contributed by atoms with Crippen molar-refractivity contribution in [3.8, 4) is 0 Å². The van der Waals surface area contributed by atoms with E-state index >= 15 is 0 Å². The lowest BCUT2D eigenvalue weighted by Gasteiger charge is -2.17. The maximum atomic E-state index is 13.8. The van der Waals surface area contributed by atoms with Gasteiger partial charge in [0.1, 0.15) is 0 Å². The van der Waals surface area contributed by atoms with E-state index in [-0.39, 0.29) is 27.8 Å². The zero-order valence-corrected chi connectivity index (χ0v) is 16.7. The second-order valence-electron chi connectivity index (χ2n) is 6.76. The lowest BCUT2D eigenvalue weighted by atomic mass is 10.0. The minimum Gasteiger partial charge on any atom is -0.305 e. The molecule has 0 spiro atoms. The fraction of sp³-hybridized carbons (Fsp3) is 0.438. The molecule has 3 N–H and O–H groups in total. The van der Waals surface area contributed by atoms with Crippen LogP contribution in [0.1, 0.15) is 35.5 Å². The van der Waals surface area contributed by atoms with Crippen molar-refractivity contribution in [2.24, 2.45) is 9.50 Å². The van der Waals surface area contributed by atoms with Gasteiger partial charge in [0, 0.05) is 5.69 Å². The zero-order valence-electron chi connectivity index (χ0n) is 15.8. The Labute approximate surface area is 172 Å². The Morgan fingerprint density at radius 1 is 1.39 bits per heavy atom. The maximum absolute atomic E-state index is 13.8. The predicted octanol–water partition coefficient (Wildman–Crippen LogP) is 3.65. The van der Waals surface area contributed by atoms with E-state index in [1.54, 1.807) is 0 Å². The van der Waals surface area contributed by atoms with Crippen molar-refractivity contribution in [3.63, 3.8) is 0 Å². The fourth-order valence-corrected chi connectivity index (χ4v) is 4.14. The highest BCUT2D eigenvalue weighted by atomic mass is 32.2. The number of pyridine rings is 1. The molecule has 0 bridgehead atoms. The fourth-order valence-electron chi connectivity index (χ4n) is 3.22. The highest BCUT2D eigenvalue weighted by Gasteiger charge is 2.32. The number of nitrogens with one attached hydrogen (secondary N) is 1. The summed E-state index contributed by atoms with van der Waals surface area (Å²) in [6.45, 7) is -1.92. The molecule has 15 heteroatoms. The molecule has 1 atom stereocenters. The number of fused-ring (bicyclic) bond motifs is 1. The van der Waals surface area contributed by atoms with Crippen LogP contribution in [0.4, 0.5) is 36.8 Å². The van der Waals surface area contributed by atoms with Crippen LogP contribution in [0.2, 0.25) is 0 Å². The highest BCUT2D eigenvalue weighted by Crippen LogP contribution is 2.34. The number of hydrogen-bond acceptors (Lipinski definition) is 4. The average molecular weight is 470 g/mol. The van der Waals surface area contributed by atoms with Gasteiger partial charge in [-0.25, -0.2) is 23.2 Å². The van der Waals surface area contributed by atoms with Gasteiger partial charge in [-0.2, -0.15) is 27.1 Å². The number of carbonyl (C=O) groups excluding carboxylic acids is 1. The second kappa shape index (κ2) is 8.11. The number of aryl methyl sites for hydroxylation is 1. The molecule has 31 heavy (non-hydrogen) atoms. The van der Waals surface area contributed by atoms with Crippen molar-refractivity contribution < 1.29 is 35.3 Å². The van der Waals surface area contributed by atoms with E-state index in [0.29, 0.717) is 30.5 Å². The van der Waals surface area contributed by atoms with E-state index < -0.39 is 45.9 Å².